The highest BCUT2D eigenvalue weighted by molar-refractivity contribution is 9.12. The molecule has 2 N–H and O–H groups in total. The maximum atomic E-state index is 3.57. The normalized spacial score (nSPS) is 13.3. The third-order valence-electron chi connectivity index (χ3n) is 2.37. The highest BCUT2D eigenvalue weighted by Crippen LogP contribution is 2.31. The fraction of sp³-hybridized carbons (Fsp3) is 0.667. The van der Waals surface area contributed by atoms with Crippen molar-refractivity contribution in [3.63, 3.8) is 0 Å². The van der Waals surface area contributed by atoms with Gasteiger partial charge in [0, 0.05) is 19.1 Å². The Balaban J connectivity index is 2.23. The number of hydrogen-bond acceptors (Lipinski definition) is 3. The zero-order valence-corrected chi connectivity index (χ0v) is 14.5. The van der Waals surface area contributed by atoms with E-state index in [9.17, 15) is 0 Å². The van der Waals surface area contributed by atoms with Crippen molar-refractivity contribution in [3.05, 3.63) is 19.2 Å². The van der Waals surface area contributed by atoms with Crippen molar-refractivity contribution in [1.82, 2.24) is 10.6 Å². The first-order valence-corrected chi connectivity index (χ1v) is 8.27. The van der Waals surface area contributed by atoms with E-state index in [0.29, 0.717) is 12.0 Å². The van der Waals surface area contributed by atoms with Crippen LogP contribution < -0.4 is 10.6 Å². The fourth-order valence-corrected chi connectivity index (χ4v) is 4.27. The first-order chi connectivity index (χ1) is 7.99. The summed E-state index contributed by atoms with van der Waals surface area (Å²) in [6.45, 7) is 9.67. The summed E-state index contributed by atoms with van der Waals surface area (Å²) in [7, 11) is 0. The molecule has 5 heteroatoms. The molecule has 1 atom stereocenters. The molecule has 0 spiro atoms. The first-order valence-electron chi connectivity index (χ1n) is 5.86. The molecule has 0 saturated heterocycles. The van der Waals surface area contributed by atoms with Crippen molar-refractivity contribution in [2.45, 2.75) is 33.4 Å². The van der Waals surface area contributed by atoms with E-state index in [1.54, 1.807) is 11.3 Å². The van der Waals surface area contributed by atoms with E-state index < -0.39 is 0 Å². The topological polar surface area (TPSA) is 24.1 Å². The van der Waals surface area contributed by atoms with Crippen molar-refractivity contribution in [2.75, 3.05) is 13.1 Å². The molecule has 98 valence electrons. The zero-order valence-electron chi connectivity index (χ0n) is 10.5. The van der Waals surface area contributed by atoms with E-state index in [1.165, 1.54) is 13.1 Å². The predicted molar refractivity (Wildman–Crippen MR) is 83.7 cm³/mol. The van der Waals surface area contributed by atoms with Gasteiger partial charge in [-0.2, -0.15) is 0 Å². The van der Waals surface area contributed by atoms with Gasteiger partial charge in [-0.25, -0.2) is 0 Å². The van der Waals surface area contributed by atoms with Crippen LogP contribution in [0, 0.1) is 5.92 Å². The molecule has 1 aromatic rings. The zero-order chi connectivity index (χ0) is 12.8. The van der Waals surface area contributed by atoms with Crippen LogP contribution in [0.3, 0.4) is 0 Å². The molecule has 0 amide bonds. The third-order valence-corrected chi connectivity index (χ3v) is 4.84. The lowest BCUT2D eigenvalue weighted by atomic mass is 10.2. The number of rotatable bonds is 7. The molecular weight excluding hydrogens is 364 g/mol. The van der Waals surface area contributed by atoms with E-state index in [-0.39, 0.29) is 0 Å². The predicted octanol–water partition coefficient (Wildman–Crippen LogP) is 4.00. The third kappa shape index (κ3) is 6.34. The summed E-state index contributed by atoms with van der Waals surface area (Å²) >= 11 is 8.79. The highest BCUT2D eigenvalue weighted by atomic mass is 79.9. The summed E-state index contributed by atoms with van der Waals surface area (Å²) in [6.07, 6.45) is 0. The molecule has 17 heavy (non-hydrogen) atoms. The quantitative estimate of drug-likeness (QED) is 0.743. The summed E-state index contributed by atoms with van der Waals surface area (Å²) in [5.74, 6) is 0.712. The van der Waals surface area contributed by atoms with Gasteiger partial charge in [0.2, 0.25) is 0 Å². The molecule has 0 bridgehead atoms. The monoisotopic (exact) mass is 382 g/mol. The van der Waals surface area contributed by atoms with E-state index in [4.69, 9.17) is 0 Å². The minimum absolute atomic E-state index is 0.485. The highest BCUT2D eigenvalue weighted by Gasteiger charge is 2.07. The van der Waals surface area contributed by atoms with Gasteiger partial charge in [0.1, 0.15) is 0 Å². The Hall–Kier alpha value is 0.580. The Bertz CT molecular complexity index is 339. The molecule has 0 saturated carbocycles. The van der Waals surface area contributed by atoms with Gasteiger partial charge in [-0.1, -0.05) is 13.8 Å². The SMILES string of the molecule is CC(C)CNCC(C)NCc1cc(Br)sc1Br. The Morgan fingerprint density at radius 2 is 1.94 bits per heavy atom. The van der Waals surface area contributed by atoms with Crippen LogP contribution in [0.2, 0.25) is 0 Å². The van der Waals surface area contributed by atoms with E-state index in [0.717, 1.165) is 19.6 Å². The van der Waals surface area contributed by atoms with Gasteiger partial charge in [-0.3, -0.25) is 0 Å². The molecule has 0 radical (unpaired) electrons. The maximum absolute atomic E-state index is 3.57. The van der Waals surface area contributed by atoms with Crippen molar-refractivity contribution >= 4 is 43.2 Å². The molecule has 0 aliphatic heterocycles. The number of nitrogens with one attached hydrogen (secondary N) is 2. The summed E-state index contributed by atoms with van der Waals surface area (Å²) in [5.41, 5.74) is 1.32. The van der Waals surface area contributed by atoms with Crippen molar-refractivity contribution in [2.24, 2.45) is 5.92 Å². The lowest BCUT2D eigenvalue weighted by Crippen LogP contribution is -2.37. The Kier molecular flexibility index (Phi) is 7.26. The van der Waals surface area contributed by atoms with Gasteiger partial charge in [0.25, 0.3) is 0 Å². The smallest absolute Gasteiger partial charge is 0.0755 e. The van der Waals surface area contributed by atoms with Crippen molar-refractivity contribution < 1.29 is 0 Å². The van der Waals surface area contributed by atoms with Gasteiger partial charge in [0.15, 0.2) is 0 Å². The number of thiophene rings is 1. The van der Waals surface area contributed by atoms with E-state index in [2.05, 4.69) is 69.3 Å². The molecule has 1 aromatic heterocycles. The molecule has 0 aliphatic rings. The van der Waals surface area contributed by atoms with E-state index in [1.807, 2.05) is 0 Å². The summed E-state index contributed by atoms with van der Waals surface area (Å²) in [4.78, 5) is 0. The molecule has 0 aliphatic carbocycles. The van der Waals surface area contributed by atoms with Crippen molar-refractivity contribution in [3.8, 4) is 0 Å². The average molecular weight is 384 g/mol. The van der Waals surface area contributed by atoms with Crippen LogP contribution in [0.4, 0.5) is 0 Å². The minimum Gasteiger partial charge on any atom is -0.315 e. The molecule has 0 aromatic carbocycles. The van der Waals surface area contributed by atoms with Gasteiger partial charge >= 0.3 is 0 Å². The first kappa shape index (κ1) is 15.6. The van der Waals surface area contributed by atoms with Gasteiger partial charge in [-0.15, -0.1) is 11.3 Å². The molecule has 2 nitrogen and oxygen atoms in total. The Morgan fingerprint density at radius 1 is 1.24 bits per heavy atom. The minimum atomic E-state index is 0.485. The van der Waals surface area contributed by atoms with Crippen LogP contribution in [0.25, 0.3) is 0 Å². The van der Waals surface area contributed by atoms with Crippen LogP contribution in [-0.2, 0) is 6.54 Å². The standard InChI is InChI=1S/C12H20Br2N2S/c1-8(2)5-15-6-9(3)16-7-10-4-11(13)17-12(10)14/h4,8-9,15-16H,5-7H2,1-3H3. The molecular formula is C12H20Br2N2S. The lowest BCUT2D eigenvalue weighted by molar-refractivity contribution is 0.472. The van der Waals surface area contributed by atoms with Gasteiger partial charge < -0.3 is 10.6 Å². The van der Waals surface area contributed by atoms with Crippen LogP contribution in [-0.4, -0.2) is 19.1 Å². The Labute approximate surface area is 125 Å². The van der Waals surface area contributed by atoms with Gasteiger partial charge in [0.05, 0.1) is 7.57 Å². The molecule has 1 heterocycles. The number of halogens is 2. The molecule has 0 fully saturated rings. The fourth-order valence-electron chi connectivity index (χ4n) is 1.44. The maximum Gasteiger partial charge on any atom is 0.0755 e. The van der Waals surface area contributed by atoms with Crippen molar-refractivity contribution in [1.29, 1.82) is 0 Å². The summed E-state index contributed by atoms with van der Waals surface area (Å²) in [5, 5.41) is 6.98. The second-order valence-electron chi connectivity index (χ2n) is 4.68. The summed E-state index contributed by atoms with van der Waals surface area (Å²) in [6, 6.07) is 2.65. The largest absolute Gasteiger partial charge is 0.315 e. The van der Waals surface area contributed by atoms with E-state index >= 15 is 0 Å². The van der Waals surface area contributed by atoms with Crippen LogP contribution >= 0.6 is 43.2 Å². The van der Waals surface area contributed by atoms with Gasteiger partial charge in [-0.05, 0) is 62.9 Å². The second-order valence-corrected chi connectivity index (χ2v) is 8.43. The number of hydrogen-bond donors (Lipinski definition) is 2. The second kappa shape index (κ2) is 7.89. The molecule has 1 rings (SSSR count). The van der Waals surface area contributed by atoms with Crippen LogP contribution in [0.15, 0.2) is 13.6 Å². The van der Waals surface area contributed by atoms with Crippen LogP contribution in [0.1, 0.15) is 26.3 Å². The molecule has 1 unspecified atom stereocenters. The Morgan fingerprint density at radius 3 is 2.47 bits per heavy atom. The average Bonchev–Trinajstić information content (AvgIpc) is 2.54. The summed E-state index contributed by atoms with van der Waals surface area (Å²) < 4.78 is 2.38. The van der Waals surface area contributed by atoms with Crippen LogP contribution in [0.5, 0.6) is 0 Å². The lowest BCUT2D eigenvalue weighted by Gasteiger charge is -2.15.